The molecule has 116 valence electrons. The second-order valence-electron chi connectivity index (χ2n) is 6.07. The van der Waals surface area contributed by atoms with E-state index in [1.807, 2.05) is 12.1 Å². The number of benzene rings is 2. The van der Waals surface area contributed by atoms with Crippen LogP contribution in [0.2, 0.25) is 5.02 Å². The van der Waals surface area contributed by atoms with Gasteiger partial charge in [0.1, 0.15) is 0 Å². The lowest BCUT2D eigenvalue weighted by Crippen LogP contribution is -2.43. The van der Waals surface area contributed by atoms with E-state index in [1.54, 1.807) is 0 Å². The van der Waals surface area contributed by atoms with Gasteiger partial charge in [0.25, 0.3) is 0 Å². The van der Waals surface area contributed by atoms with Crippen LogP contribution in [-0.4, -0.2) is 19.1 Å². The van der Waals surface area contributed by atoms with E-state index in [0.29, 0.717) is 6.04 Å². The maximum absolute atomic E-state index is 6.01. The lowest BCUT2D eigenvalue weighted by Gasteiger charge is -2.36. The zero-order valence-electron chi connectivity index (χ0n) is 13.1. The van der Waals surface area contributed by atoms with E-state index in [1.165, 1.54) is 29.7 Å². The summed E-state index contributed by atoms with van der Waals surface area (Å²) in [5.74, 6) is 0. The van der Waals surface area contributed by atoms with Gasteiger partial charge in [-0.1, -0.05) is 41.4 Å². The van der Waals surface area contributed by atoms with E-state index >= 15 is 0 Å². The standard InChI is InChI=1S/C19H23ClN2/c1-15-2-8-18(9-3-15)22(19-10-12-21-13-11-19)14-16-4-6-17(20)7-5-16/h2-9,19,21H,10-14H2,1H3. The van der Waals surface area contributed by atoms with Crippen molar-refractivity contribution in [2.45, 2.75) is 32.4 Å². The second-order valence-corrected chi connectivity index (χ2v) is 6.51. The van der Waals surface area contributed by atoms with Crippen LogP contribution in [0.4, 0.5) is 5.69 Å². The molecule has 2 nitrogen and oxygen atoms in total. The molecule has 0 amide bonds. The summed E-state index contributed by atoms with van der Waals surface area (Å²) in [6.07, 6.45) is 2.39. The number of hydrogen-bond acceptors (Lipinski definition) is 2. The normalized spacial score (nSPS) is 15.7. The first-order chi connectivity index (χ1) is 10.7. The minimum absolute atomic E-state index is 0.597. The van der Waals surface area contributed by atoms with E-state index in [9.17, 15) is 0 Å². The van der Waals surface area contributed by atoms with Crippen molar-refractivity contribution in [3.8, 4) is 0 Å². The van der Waals surface area contributed by atoms with Crippen molar-refractivity contribution >= 4 is 17.3 Å². The van der Waals surface area contributed by atoms with Crippen LogP contribution in [0.1, 0.15) is 24.0 Å². The Kier molecular flexibility index (Phi) is 5.01. The topological polar surface area (TPSA) is 15.3 Å². The van der Waals surface area contributed by atoms with Crippen molar-refractivity contribution in [1.29, 1.82) is 0 Å². The highest BCUT2D eigenvalue weighted by Crippen LogP contribution is 2.25. The largest absolute Gasteiger partial charge is 0.364 e. The molecule has 1 N–H and O–H groups in total. The smallest absolute Gasteiger partial charge is 0.0432 e. The summed E-state index contributed by atoms with van der Waals surface area (Å²) in [4.78, 5) is 2.55. The van der Waals surface area contributed by atoms with Crippen LogP contribution in [0.15, 0.2) is 48.5 Å². The van der Waals surface area contributed by atoms with Crippen molar-refractivity contribution in [2.24, 2.45) is 0 Å². The summed E-state index contributed by atoms with van der Waals surface area (Å²) in [5.41, 5.74) is 3.93. The summed E-state index contributed by atoms with van der Waals surface area (Å²) in [6.45, 7) is 5.28. The number of nitrogens with one attached hydrogen (secondary N) is 1. The molecule has 0 aliphatic carbocycles. The molecule has 0 radical (unpaired) electrons. The molecule has 1 fully saturated rings. The van der Waals surface area contributed by atoms with Gasteiger partial charge in [-0.2, -0.15) is 0 Å². The first-order valence-electron chi connectivity index (χ1n) is 8.01. The fraction of sp³-hybridized carbons (Fsp3) is 0.368. The summed E-state index contributed by atoms with van der Waals surface area (Å²) < 4.78 is 0. The molecule has 3 rings (SSSR count). The van der Waals surface area contributed by atoms with Gasteiger partial charge in [-0.15, -0.1) is 0 Å². The molecule has 0 atom stereocenters. The number of anilines is 1. The van der Waals surface area contributed by atoms with Gasteiger partial charge in [0.15, 0.2) is 0 Å². The lowest BCUT2D eigenvalue weighted by molar-refractivity contribution is 0.428. The van der Waals surface area contributed by atoms with E-state index in [2.05, 4.69) is 53.5 Å². The maximum Gasteiger partial charge on any atom is 0.0432 e. The quantitative estimate of drug-likeness (QED) is 0.899. The van der Waals surface area contributed by atoms with Crippen LogP contribution in [0.3, 0.4) is 0 Å². The van der Waals surface area contributed by atoms with Gasteiger partial charge in [-0.05, 0) is 62.7 Å². The minimum atomic E-state index is 0.597. The summed E-state index contributed by atoms with van der Waals surface area (Å²) in [7, 11) is 0. The summed E-state index contributed by atoms with van der Waals surface area (Å²) in [6, 6.07) is 17.7. The Morgan fingerprint density at radius 3 is 2.27 bits per heavy atom. The predicted octanol–water partition coefficient (Wildman–Crippen LogP) is 4.41. The van der Waals surface area contributed by atoms with E-state index in [-0.39, 0.29) is 0 Å². The van der Waals surface area contributed by atoms with Gasteiger partial charge in [0.2, 0.25) is 0 Å². The summed E-state index contributed by atoms with van der Waals surface area (Å²) in [5, 5.41) is 4.26. The van der Waals surface area contributed by atoms with E-state index < -0.39 is 0 Å². The molecule has 1 aliphatic rings. The maximum atomic E-state index is 6.01. The molecule has 1 heterocycles. The Balaban J connectivity index is 1.84. The summed E-state index contributed by atoms with van der Waals surface area (Å²) >= 11 is 6.01. The minimum Gasteiger partial charge on any atom is -0.364 e. The Labute approximate surface area is 138 Å². The number of aryl methyl sites for hydroxylation is 1. The third-order valence-corrected chi connectivity index (χ3v) is 4.63. The zero-order chi connectivity index (χ0) is 15.4. The Morgan fingerprint density at radius 1 is 1.00 bits per heavy atom. The zero-order valence-corrected chi connectivity index (χ0v) is 13.8. The lowest BCUT2D eigenvalue weighted by atomic mass is 10.0. The van der Waals surface area contributed by atoms with Crippen molar-refractivity contribution in [1.82, 2.24) is 5.32 Å². The molecular weight excluding hydrogens is 292 g/mol. The highest BCUT2D eigenvalue weighted by atomic mass is 35.5. The molecule has 0 saturated carbocycles. The van der Waals surface area contributed by atoms with Gasteiger partial charge < -0.3 is 10.2 Å². The molecule has 0 unspecified atom stereocenters. The number of hydrogen-bond donors (Lipinski definition) is 1. The first-order valence-corrected chi connectivity index (χ1v) is 8.38. The number of rotatable bonds is 4. The van der Waals surface area contributed by atoms with Gasteiger partial charge in [-0.3, -0.25) is 0 Å². The van der Waals surface area contributed by atoms with Crippen molar-refractivity contribution in [2.75, 3.05) is 18.0 Å². The van der Waals surface area contributed by atoms with E-state index in [4.69, 9.17) is 11.6 Å². The molecule has 22 heavy (non-hydrogen) atoms. The van der Waals surface area contributed by atoms with Crippen LogP contribution in [-0.2, 0) is 6.54 Å². The van der Waals surface area contributed by atoms with Crippen molar-refractivity contribution < 1.29 is 0 Å². The Morgan fingerprint density at radius 2 is 1.64 bits per heavy atom. The Bertz CT molecular complexity index is 586. The number of piperidine rings is 1. The van der Waals surface area contributed by atoms with Crippen LogP contribution in [0.25, 0.3) is 0 Å². The van der Waals surface area contributed by atoms with E-state index in [0.717, 1.165) is 24.7 Å². The molecule has 0 bridgehead atoms. The van der Waals surface area contributed by atoms with Crippen LogP contribution in [0, 0.1) is 6.92 Å². The highest BCUT2D eigenvalue weighted by molar-refractivity contribution is 6.30. The molecule has 1 aliphatic heterocycles. The molecule has 3 heteroatoms. The van der Waals surface area contributed by atoms with Gasteiger partial charge >= 0.3 is 0 Å². The van der Waals surface area contributed by atoms with Crippen LogP contribution in [0.5, 0.6) is 0 Å². The molecule has 2 aromatic rings. The number of halogens is 1. The highest BCUT2D eigenvalue weighted by Gasteiger charge is 2.21. The average molecular weight is 315 g/mol. The van der Waals surface area contributed by atoms with Gasteiger partial charge in [-0.25, -0.2) is 0 Å². The fourth-order valence-electron chi connectivity index (χ4n) is 3.07. The third kappa shape index (κ3) is 3.82. The molecular formula is C19H23ClN2. The fourth-order valence-corrected chi connectivity index (χ4v) is 3.20. The van der Waals surface area contributed by atoms with Crippen molar-refractivity contribution in [3.05, 3.63) is 64.7 Å². The van der Waals surface area contributed by atoms with Crippen LogP contribution < -0.4 is 10.2 Å². The molecule has 0 aromatic heterocycles. The monoisotopic (exact) mass is 314 g/mol. The van der Waals surface area contributed by atoms with Crippen LogP contribution >= 0.6 is 11.6 Å². The molecule has 2 aromatic carbocycles. The average Bonchev–Trinajstić information content (AvgIpc) is 2.56. The second kappa shape index (κ2) is 7.17. The SMILES string of the molecule is Cc1ccc(N(Cc2ccc(Cl)cc2)C2CCNCC2)cc1. The van der Waals surface area contributed by atoms with Gasteiger partial charge in [0, 0.05) is 23.3 Å². The van der Waals surface area contributed by atoms with Gasteiger partial charge in [0.05, 0.1) is 0 Å². The predicted molar refractivity (Wildman–Crippen MR) is 94.7 cm³/mol. The first kappa shape index (κ1) is 15.4. The Hall–Kier alpha value is -1.51. The number of nitrogens with zero attached hydrogens (tertiary/aromatic N) is 1. The van der Waals surface area contributed by atoms with Crippen molar-refractivity contribution in [3.63, 3.8) is 0 Å². The molecule has 1 saturated heterocycles. The molecule has 0 spiro atoms. The third-order valence-electron chi connectivity index (χ3n) is 4.38.